The van der Waals surface area contributed by atoms with E-state index in [4.69, 9.17) is 0 Å². The van der Waals surface area contributed by atoms with Gasteiger partial charge in [0.25, 0.3) is 0 Å². The van der Waals surface area contributed by atoms with Crippen LogP contribution in [0, 0.1) is 35.5 Å². The number of ketones is 1. The highest BCUT2D eigenvalue weighted by atomic mass is 16.1. The van der Waals surface area contributed by atoms with Gasteiger partial charge in [-0.3, -0.25) is 4.79 Å². The van der Waals surface area contributed by atoms with Crippen molar-refractivity contribution >= 4 is 5.78 Å². The van der Waals surface area contributed by atoms with E-state index in [-0.39, 0.29) is 0 Å². The van der Waals surface area contributed by atoms with E-state index < -0.39 is 0 Å². The quantitative estimate of drug-likeness (QED) is 0.621. The number of hydrogen-bond donors (Lipinski definition) is 0. The highest BCUT2D eigenvalue weighted by molar-refractivity contribution is 5.78. The summed E-state index contributed by atoms with van der Waals surface area (Å²) in [6.45, 7) is 4.14. The Hall–Kier alpha value is -0.330. The Bertz CT molecular complexity index is 366. The fourth-order valence-corrected chi connectivity index (χ4v) is 6.12. The maximum atomic E-state index is 11.6. The first-order valence-electron chi connectivity index (χ1n) is 10.2. The smallest absolute Gasteiger partial charge is 0.132 e. The summed E-state index contributed by atoms with van der Waals surface area (Å²) in [5.41, 5.74) is 0. The molecule has 0 N–H and O–H groups in total. The minimum absolute atomic E-state index is 0.400. The van der Waals surface area contributed by atoms with Crippen LogP contribution in [0.1, 0.15) is 90.9 Å². The first kappa shape index (κ1) is 16.5. The van der Waals surface area contributed by atoms with Crippen LogP contribution in [0.4, 0.5) is 0 Å². The molecule has 0 aromatic carbocycles. The average Bonchev–Trinajstić information content (AvgIpc) is 2.55. The van der Waals surface area contributed by atoms with Gasteiger partial charge in [0.1, 0.15) is 5.78 Å². The predicted octanol–water partition coefficient (Wildman–Crippen LogP) is 6.01. The summed E-state index contributed by atoms with van der Waals surface area (Å²) in [6.07, 6.45) is 17.0. The Morgan fingerprint density at radius 3 is 1.95 bits per heavy atom. The molecule has 0 unspecified atom stereocenters. The summed E-state index contributed by atoms with van der Waals surface area (Å²) in [5.74, 6) is 5.96. The van der Waals surface area contributed by atoms with Crippen LogP contribution < -0.4 is 0 Å². The lowest BCUT2D eigenvalue weighted by atomic mass is 9.60. The molecule has 1 heteroatoms. The zero-order chi connectivity index (χ0) is 15.5. The number of Topliss-reactive ketones (excluding diaryl/α,β-unsaturated/α-hetero) is 1. The SMILES string of the molecule is CCC[C@H]1CC[C@@H]2C[C@H](C3CCC(C(C)=O)CC3)CC[C@@H]2C1. The first-order valence-corrected chi connectivity index (χ1v) is 10.2. The summed E-state index contributed by atoms with van der Waals surface area (Å²) in [5, 5.41) is 0. The van der Waals surface area contributed by atoms with Crippen molar-refractivity contribution in [3.63, 3.8) is 0 Å². The Morgan fingerprint density at radius 2 is 1.32 bits per heavy atom. The van der Waals surface area contributed by atoms with E-state index in [1.807, 2.05) is 0 Å². The summed E-state index contributed by atoms with van der Waals surface area (Å²) < 4.78 is 0. The molecule has 0 amide bonds. The van der Waals surface area contributed by atoms with Crippen LogP contribution in [0.3, 0.4) is 0 Å². The molecule has 4 atom stereocenters. The van der Waals surface area contributed by atoms with E-state index in [9.17, 15) is 4.79 Å². The van der Waals surface area contributed by atoms with Gasteiger partial charge in [-0.05, 0) is 94.3 Å². The fraction of sp³-hybridized carbons (Fsp3) is 0.952. The van der Waals surface area contributed by atoms with Crippen LogP contribution in [-0.2, 0) is 4.79 Å². The van der Waals surface area contributed by atoms with Gasteiger partial charge in [0.15, 0.2) is 0 Å². The third kappa shape index (κ3) is 3.77. The average molecular weight is 305 g/mol. The lowest BCUT2D eigenvalue weighted by molar-refractivity contribution is -0.122. The van der Waals surface area contributed by atoms with E-state index in [0.29, 0.717) is 11.7 Å². The molecule has 0 aromatic heterocycles. The lowest BCUT2D eigenvalue weighted by Gasteiger charge is -2.45. The zero-order valence-electron chi connectivity index (χ0n) is 14.9. The monoisotopic (exact) mass is 304 g/mol. The molecule has 3 rings (SSSR count). The Labute approximate surface area is 137 Å². The minimum atomic E-state index is 0.400. The van der Waals surface area contributed by atoms with Crippen LogP contribution in [0.15, 0.2) is 0 Å². The van der Waals surface area contributed by atoms with Gasteiger partial charge in [-0.2, -0.15) is 0 Å². The Balaban J connectivity index is 1.48. The van der Waals surface area contributed by atoms with Gasteiger partial charge in [0.05, 0.1) is 0 Å². The molecular formula is C21H36O. The number of carbonyl (C=O) groups is 1. The van der Waals surface area contributed by atoms with Crippen molar-refractivity contribution in [3.05, 3.63) is 0 Å². The largest absolute Gasteiger partial charge is 0.300 e. The van der Waals surface area contributed by atoms with Gasteiger partial charge < -0.3 is 0 Å². The molecule has 3 saturated carbocycles. The molecule has 0 saturated heterocycles. The van der Waals surface area contributed by atoms with Gasteiger partial charge in [-0.15, -0.1) is 0 Å². The van der Waals surface area contributed by atoms with Gasteiger partial charge in [-0.1, -0.05) is 26.2 Å². The topological polar surface area (TPSA) is 17.1 Å². The second-order valence-electron chi connectivity index (χ2n) is 8.78. The molecule has 1 nitrogen and oxygen atoms in total. The molecule has 126 valence electrons. The third-order valence-electron chi connectivity index (χ3n) is 7.47. The second-order valence-corrected chi connectivity index (χ2v) is 8.78. The first-order chi connectivity index (χ1) is 10.7. The molecule has 22 heavy (non-hydrogen) atoms. The van der Waals surface area contributed by atoms with E-state index in [1.165, 1.54) is 70.6 Å². The summed E-state index contributed by atoms with van der Waals surface area (Å²) in [7, 11) is 0. The normalized spacial score (nSPS) is 42.6. The Morgan fingerprint density at radius 1 is 0.773 bits per heavy atom. The van der Waals surface area contributed by atoms with Gasteiger partial charge >= 0.3 is 0 Å². The molecule has 0 aliphatic heterocycles. The van der Waals surface area contributed by atoms with Crippen molar-refractivity contribution in [1.29, 1.82) is 0 Å². The maximum absolute atomic E-state index is 11.6. The third-order valence-corrected chi connectivity index (χ3v) is 7.47. The number of fused-ring (bicyclic) bond motifs is 1. The second kappa shape index (κ2) is 7.49. The van der Waals surface area contributed by atoms with Crippen molar-refractivity contribution in [2.75, 3.05) is 0 Å². The predicted molar refractivity (Wildman–Crippen MR) is 92.7 cm³/mol. The molecule has 0 spiro atoms. The van der Waals surface area contributed by atoms with E-state index in [1.54, 1.807) is 13.3 Å². The van der Waals surface area contributed by atoms with Gasteiger partial charge in [0, 0.05) is 5.92 Å². The van der Waals surface area contributed by atoms with E-state index in [0.717, 1.165) is 29.6 Å². The fourth-order valence-electron chi connectivity index (χ4n) is 6.12. The van der Waals surface area contributed by atoms with Crippen LogP contribution in [0.25, 0.3) is 0 Å². The number of carbonyl (C=O) groups excluding carboxylic acids is 1. The van der Waals surface area contributed by atoms with E-state index in [2.05, 4.69) is 6.92 Å². The molecule has 0 radical (unpaired) electrons. The zero-order valence-corrected chi connectivity index (χ0v) is 14.9. The van der Waals surface area contributed by atoms with E-state index >= 15 is 0 Å². The maximum Gasteiger partial charge on any atom is 0.132 e. The van der Waals surface area contributed by atoms with Crippen molar-refractivity contribution in [2.45, 2.75) is 90.9 Å². The lowest BCUT2D eigenvalue weighted by Crippen LogP contribution is -2.35. The van der Waals surface area contributed by atoms with Crippen LogP contribution >= 0.6 is 0 Å². The van der Waals surface area contributed by atoms with Crippen molar-refractivity contribution in [3.8, 4) is 0 Å². The van der Waals surface area contributed by atoms with Crippen LogP contribution in [0.2, 0.25) is 0 Å². The molecule has 0 heterocycles. The molecular weight excluding hydrogens is 268 g/mol. The summed E-state index contributed by atoms with van der Waals surface area (Å²) in [4.78, 5) is 11.6. The van der Waals surface area contributed by atoms with Crippen LogP contribution in [-0.4, -0.2) is 5.78 Å². The van der Waals surface area contributed by atoms with Crippen LogP contribution in [0.5, 0.6) is 0 Å². The molecule has 0 aromatic rings. The van der Waals surface area contributed by atoms with Gasteiger partial charge in [-0.25, -0.2) is 0 Å². The highest BCUT2D eigenvalue weighted by Gasteiger charge is 2.38. The van der Waals surface area contributed by atoms with Gasteiger partial charge in [0.2, 0.25) is 0 Å². The Kier molecular flexibility index (Phi) is 5.63. The molecule has 3 aliphatic carbocycles. The van der Waals surface area contributed by atoms with Crippen molar-refractivity contribution in [1.82, 2.24) is 0 Å². The van der Waals surface area contributed by atoms with Crippen molar-refractivity contribution in [2.24, 2.45) is 35.5 Å². The van der Waals surface area contributed by atoms with Crippen molar-refractivity contribution < 1.29 is 4.79 Å². The number of rotatable bonds is 4. The molecule has 3 fully saturated rings. The minimum Gasteiger partial charge on any atom is -0.300 e. The highest BCUT2D eigenvalue weighted by Crippen LogP contribution is 2.49. The molecule has 0 bridgehead atoms. The number of hydrogen-bond acceptors (Lipinski definition) is 1. The molecule has 3 aliphatic rings. The summed E-state index contributed by atoms with van der Waals surface area (Å²) in [6, 6.07) is 0. The summed E-state index contributed by atoms with van der Waals surface area (Å²) >= 11 is 0. The standard InChI is InChI=1S/C21H36O/c1-3-4-16-5-6-21-14-20(12-11-19(21)13-16)18-9-7-17(8-10-18)15(2)22/h16-21H,3-14H2,1-2H3/t16-,17?,18?,19+,20+,21+/m0/s1.